The summed E-state index contributed by atoms with van der Waals surface area (Å²) in [4.78, 5) is 4.60. The van der Waals surface area contributed by atoms with Crippen LogP contribution >= 0.6 is 0 Å². The van der Waals surface area contributed by atoms with Gasteiger partial charge in [-0.2, -0.15) is 0 Å². The zero-order valence-corrected chi connectivity index (χ0v) is 12.8. The summed E-state index contributed by atoms with van der Waals surface area (Å²) in [6.07, 6.45) is 5.61. The summed E-state index contributed by atoms with van der Waals surface area (Å²) < 4.78 is 5.48. The van der Waals surface area contributed by atoms with Crippen LogP contribution in [0, 0.1) is 19.8 Å². The van der Waals surface area contributed by atoms with Crippen LogP contribution in [0.1, 0.15) is 43.5 Å². The predicted molar refractivity (Wildman–Crippen MR) is 78.8 cm³/mol. The van der Waals surface area contributed by atoms with E-state index >= 15 is 0 Å². The second kappa shape index (κ2) is 5.91. The van der Waals surface area contributed by atoms with E-state index < -0.39 is 0 Å². The number of rotatable bonds is 6. The molecule has 0 bridgehead atoms. The third-order valence-corrected chi connectivity index (χ3v) is 4.19. The number of ether oxygens (including phenoxy) is 1. The maximum absolute atomic E-state index is 5.48. The minimum atomic E-state index is 0.543. The molecule has 106 valence electrons. The molecule has 19 heavy (non-hydrogen) atoms. The molecule has 2 atom stereocenters. The van der Waals surface area contributed by atoms with E-state index in [-0.39, 0.29) is 0 Å². The lowest BCUT2D eigenvalue weighted by molar-refractivity contribution is 0.387. The van der Waals surface area contributed by atoms with Crippen molar-refractivity contribution in [3.8, 4) is 5.75 Å². The minimum Gasteiger partial charge on any atom is -0.496 e. The quantitative estimate of drug-likeness (QED) is 0.855. The molecule has 0 spiro atoms. The van der Waals surface area contributed by atoms with Crippen molar-refractivity contribution in [1.29, 1.82) is 0 Å². The molecule has 1 aliphatic carbocycles. The van der Waals surface area contributed by atoms with E-state index in [2.05, 4.69) is 31.1 Å². The fourth-order valence-electron chi connectivity index (χ4n) is 2.54. The third kappa shape index (κ3) is 3.47. The molecule has 0 saturated heterocycles. The van der Waals surface area contributed by atoms with Gasteiger partial charge >= 0.3 is 0 Å². The van der Waals surface area contributed by atoms with E-state index in [1.165, 1.54) is 24.1 Å². The second-order valence-corrected chi connectivity index (χ2v) is 5.96. The molecule has 0 radical (unpaired) electrons. The van der Waals surface area contributed by atoms with Gasteiger partial charge < -0.3 is 10.1 Å². The summed E-state index contributed by atoms with van der Waals surface area (Å²) in [6, 6.07) is 1.31. The first-order chi connectivity index (χ1) is 9.02. The van der Waals surface area contributed by atoms with Gasteiger partial charge in [-0.15, -0.1) is 0 Å². The molecule has 0 amide bonds. The van der Waals surface area contributed by atoms with Gasteiger partial charge in [0.15, 0.2) is 0 Å². The van der Waals surface area contributed by atoms with Crippen LogP contribution in [0.2, 0.25) is 0 Å². The predicted octanol–water partition coefficient (Wildman–Crippen LogP) is 3.03. The first kappa shape index (κ1) is 14.3. The summed E-state index contributed by atoms with van der Waals surface area (Å²) in [6.45, 7) is 8.74. The lowest BCUT2D eigenvalue weighted by atomic mass is 9.95. The Kier molecular flexibility index (Phi) is 4.46. The topological polar surface area (TPSA) is 34.1 Å². The van der Waals surface area contributed by atoms with Crippen molar-refractivity contribution in [3.05, 3.63) is 23.0 Å². The van der Waals surface area contributed by atoms with E-state index in [1.807, 2.05) is 13.1 Å². The molecule has 0 aliphatic heterocycles. The van der Waals surface area contributed by atoms with Crippen molar-refractivity contribution in [3.63, 3.8) is 0 Å². The Hall–Kier alpha value is -1.09. The van der Waals surface area contributed by atoms with Crippen LogP contribution in [0.5, 0.6) is 5.75 Å². The molecule has 1 aliphatic rings. The Bertz CT molecular complexity index is 441. The highest BCUT2D eigenvalue weighted by molar-refractivity contribution is 5.41. The molecule has 1 N–H and O–H groups in total. The lowest BCUT2D eigenvalue weighted by Crippen LogP contribution is -2.34. The molecule has 1 fully saturated rings. The van der Waals surface area contributed by atoms with Gasteiger partial charge in [-0.05, 0) is 46.0 Å². The zero-order valence-electron chi connectivity index (χ0n) is 12.8. The van der Waals surface area contributed by atoms with Gasteiger partial charge in [0.05, 0.1) is 7.11 Å². The third-order valence-electron chi connectivity index (χ3n) is 4.19. The molecule has 3 heteroatoms. The monoisotopic (exact) mass is 262 g/mol. The van der Waals surface area contributed by atoms with E-state index in [1.54, 1.807) is 7.11 Å². The van der Waals surface area contributed by atoms with Gasteiger partial charge in [-0.1, -0.05) is 6.92 Å². The standard InChI is InChI=1S/C16H26N2O/c1-10(13(4)18-14-6-7-14)8-15-12(3)16(19-5)11(2)9-17-15/h9-10,13-14,18H,6-8H2,1-5H3. The average molecular weight is 262 g/mol. The van der Waals surface area contributed by atoms with Crippen LogP contribution in [0.15, 0.2) is 6.20 Å². The lowest BCUT2D eigenvalue weighted by Gasteiger charge is -2.22. The summed E-state index contributed by atoms with van der Waals surface area (Å²) in [5.74, 6) is 1.57. The van der Waals surface area contributed by atoms with Crippen molar-refractivity contribution >= 4 is 0 Å². The van der Waals surface area contributed by atoms with E-state index in [9.17, 15) is 0 Å². The molecule has 1 aromatic heterocycles. The summed E-state index contributed by atoms with van der Waals surface area (Å²) in [5.41, 5.74) is 3.47. The van der Waals surface area contributed by atoms with Crippen molar-refractivity contribution in [2.75, 3.05) is 7.11 Å². The number of methoxy groups -OCH3 is 1. The highest BCUT2D eigenvalue weighted by atomic mass is 16.5. The maximum atomic E-state index is 5.48. The van der Waals surface area contributed by atoms with E-state index in [0.717, 1.165) is 23.8 Å². The molecule has 2 rings (SSSR count). The molecule has 3 nitrogen and oxygen atoms in total. The summed E-state index contributed by atoms with van der Waals surface area (Å²) in [7, 11) is 1.74. The van der Waals surface area contributed by atoms with Crippen LogP contribution in [0.4, 0.5) is 0 Å². The summed E-state index contributed by atoms with van der Waals surface area (Å²) in [5, 5.41) is 3.67. The van der Waals surface area contributed by atoms with Crippen molar-refractivity contribution in [2.45, 2.75) is 59.0 Å². The van der Waals surface area contributed by atoms with Gasteiger partial charge in [0.2, 0.25) is 0 Å². The Morgan fingerprint density at radius 2 is 2.05 bits per heavy atom. The SMILES string of the molecule is COc1c(C)cnc(CC(C)C(C)NC2CC2)c1C. The highest BCUT2D eigenvalue weighted by Gasteiger charge is 2.25. The fraction of sp³-hybridized carbons (Fsp3) is 0.688. The number of aromatic nitrogens is 1. The molecule has 1 aromatic rings. The van der Waals surface area contributed by atoms with Gasteiger partial charge in [0, 0.05) is 35.1 Å². The average Bonchev–Trinajstić information content (AvgIpc) is 3.17. The Labute approximate surface area is 116 Å². The fourth-order valence-corrected chi connectivity index (χ4v) is 2.54. The number of hydrogen-bond donors (Lipinski definition) is 1. The summed E-state index contributed by atoms with van der Waals surface area (Å²) >= 11 is 0. The Morgan fingerprint density at radius 1 is 1.37 bits per heavy atom. The second-order valence-electron chi connectivity index (χ2n) is 5.96. The first-order valence-corrected chi connectivity index (χ1v) is 7.28. The van der Waals surface area contributed by atoms with Crippen molar-refractivity contribution in [2.24, 2.45) is 5.92 Å². The number of pyridine rings is 1. The van der Waals surface area contributed by atoms with Gasteiger partial charge in [0.25, 0.3) is 0 Å². The molecular weight excluding hydrogens is 236 g/mol. The largest absolute Gasteiger partial charge is 0.496 e. The van der Waals surface area contributed by atoms with Crippen LogP contribution < -0.4 is 10.1 Å². The minimum absolute atomic E-state index is 0.543. The maximum Gasteiger partial charge on any atom is 0.128 e. The van der Waals surface area contributed by atoms with Crippen molar-refractivity contribution < 1.29 is 4.74 Å². The van der Waals surface area contributed by atoms with Crippen LogP contribution in [0.3, 0.4) is 0 Å². The zero-order chi connectivity index (χ0) is 14.0. The van der Waals surface area contributed by atoms with Gasteiger partial charge in [0.1, 0.15) is 5.75 Å². The van der Waals surface area contributed by atoms with E-state index in [0.29, 0.717) is 12.0 Å². The van der Waals surface area contributed by atoms with E-state index in [4.69, 9.17) is 4.74 Å². The number of nitrogens with one attached hydrogen (secondary N) is 1. The number of aryl methyl sites for hydroxylation is 1. The molecule has 1 saturated carbocycles. The molecule has 2 unspecified atom stereocenters. The molecular formula is C16H26N2O. The Balaban J connectivity index is 2.05. The molecule has 1 heterocycles. The number of nitrogens with zero attached hydrogens (tertiary/aromatic N) is 1. The number of hydrogen-bond acceptors (Lipinski definition) is 3. The van der Waals surface area contributed by atoms with Gasteiger partial charge in [-0.3, -0.25) is 4.98 Å². The molecule has 0 aromatic carbocycles. The van der Waals surface area contributed by atoms with Crippen molar-refractivity contribution in [1.82, 2.24) is 10.3 Å². The highest BCUT2D eigenvalue weighted by Crippen LogP contribution is 2.27. The Morgan fingerprint density at radius 3 is 2.63 bits per heavy atom. The smallest absolute Gasteiger partial charge is 0.128 e. The van der Waals surface area contributed by atoms with Crippen LogP contribution in [-0.2, 0) is 6.42 Å². The van der Waals surface area contributed by atoms with Gasteiger partial charge in [-0.25, -0.2) is 0 Å². The van der Waals surface area contributed by atoms with Crippen LogP contribution in [0.25, 0.3) is 0 Å². The normalized spacial score (nSPS) is 18.2. The first-order valence-electron chi connectivity index (χ1n) is 7.28. The van der Waals surface area contributed by atoms with Crippen LogP contribution in [-0.4, -0.2) is 24.2 Å².